The van der Waals surface area contributed by atoms with E-state index in [0.717, 1.165) is 11.1 Å². The second kappa shape index (κ2) is 2.85. The summed E-state index contributed by atoms with van der Waals surface area (Å²) in [5, 5.41) is 0. The van der Waals surface area contributed by atoms with E-state index >= 15 is 0 Å². The number of methoxy groups -OCH3 is 1. The molecule has 68 valence electrons. The van der Waals surface area contributed by atoms with E-state index < -0.39 is 6.29 Å². The Kier molecular flexibility index (Phi) is 1.81. The number of esters is 1. The summed E-state index contributed by atoms with van der Waals surface area (Å²) in [6.45, 7) is 1.97. The SMILES string of the molecule is COC1OC(=O)c2ccc(C)cc21. The molecular formula is C10H10O3. The second-order valence-corrected chi connectivity index (χ2v) is 3.06. The number of hydrogen-bond acceptors (Lipinski definition) is 3. The highest BCUT2D eigenvalue weighted by Crippen LogP contribution is 2.31. The van der Waals surface area contributed by atoms with Crippen molar-refractivity contribution in [1.82, 2.24) is 0 Å². The minimum Gasteiger partial charge on any atom is -0.428 e. The quantitative estimate of drug-likeness (QED) is 0.615. The van der Waals surface area contributed by atoms with E-state index in [1.165, 1.54) is 7.11 Å². The first-order valence-corrected chi connectivity index (χ1v) is 4.06. The first-order chi connectivity index (χ1) is 6.22. The third kappa shape index (κ3) is 1.21. The maximum Gasteiger partial charge on any atom is 0.341 e. The van der Waals surface area contributed by atoms with Crippen molar-refractivity contribution in [2.75, 3.05) is 7.11 Å². The van der Waals surface area contributed by atoms with Gasteiger partial charge in [-0.05, 0) is 19.1 Å². The fourth-order valence-electron chi connectivity index (χ4n) is 1.46. The normalized spacial score (nSPS) is 19.8. The molecule has 1 aliphatic heterocycles. The molecule has 1 atom stereocenters. The van der Waals surface area contributed by atoms with E-state index in [-0.39, 0.29) is 5.97 Å². The van der Waals surface area contributed by atoms with Gasteiger partial charge in [0.2, 0.25) is 6.29 Å². The van der Waals surface area contributed by atoms with Gasteiger partial charge in [0.1, 0.15) is 0 Å². The maximum absolute atomic E-state index is 11.2. The zero-order valence-corrected chi connectivity index (χ0v) is 7.53. The lowest BCUT2D eigenvalue weighted by Crippen LogP contribution is -1.99. The summed E-state index contributed by atoms with van der Waals surface area (Å²) in [7, 11) is 1.52. The minimum absolute atomic E-state index is 0.304. The van der Waals surface area contributed by atoms with Crippen molar-refractivity contribution in [1.29, 1.82) is 0 Å². The van der Waals surface area contributed by atoms with Crippen LogP contribution in [0.15, 0.2) is 18.2 Å². The van der Waals surface area contributed by atoms with E-state index in [1.807, 2.05) is 19.1 Å². The number of hydrogen-bond donors (Lipinski definition) is 0. The smallest absolute Gasteiger partial charge is 0.341 e. The lowest BCUT2D eigenvalue weighted by Gasteiger charge is -2.07. The summed E-state index contributed by atoms with van der Waals surface area (Å²) >= 11 is 0. The van der Waals surface area contributed by atoms with Crippen LogP contribution in [-0.2, 0) is 9.47 Å². The monoisotopic (exact) mass is 178 g/mol. The van der Waals surface area contributed by atoms with Crippen molar-refractivity contribution in [3.8, 4) is 0 Å². The highest BCUT2D eigenvalue weighted by atomic mass is 16.7. The maximum atomic E-state index is 11.2. The van der Waals surface area contributed by atoms with Crippen LogP contribution in [-0.4, -0.2) is 13.1 Å². The van der Waals surface area contributed by atoms with Gasteiger partial charge in [-0.25, -0.2) is 4.79 Å². The van der Waals surface area contributed by atoms with Gasteiger partial charge in [0.15, 0.2) is 0 Å². The fourth-order valence-corrected chi connectivity index (χ4v) is 1.46. The molecule has 0 spiro atoms. The average molecular weight is 178 g/mol. The molecule has 2 rings (SSSR count). The van der Waals surface area contributed by atoms with Crippen LogP contribution in [0.1, 0.15) is 27.8 Å². The van der Waals surface area contributed by atoms with Crippen molar-refractivity contribution in [3.63, 3.8) is 0 Å². The summed E-state index contributed by atoms with van der Waals surface area (Å²) in [6, 6.07) is 5.57. The number of benzene rings is 1. The molecule has 0 saturated carbocycles. The molecule has 0 radical (unpaired) electrons. The summed E-state index contributed by atoms with van der Waals surface area (Å²) in [6.07, 6.45) is -0.526. The van der Waals surface area contributed by atoms with E-state index in [9.17, 15) is 4.79 Å². The molecule has 3 nitrogen and oxygen atoms in total. The molecule has 13 heavy (non-hydrogen) atoms. The second-order valence-electron chi connectivity index (χ2n) is 3.06. The molecule has 0 saturated heterocycles. The topological polar surface area (TPSA) is 35.5 Å². The fraction of sp³-hybridized carbons (Fsp3) is 0.300. The van der Waals surface area contributed by atoms with Crippen molar-refractivity contribution in [2.24, 2.45) is 0 Å². The molecule has 0 N–H and O–H groups in total. The number of aryl methyl sites for hydroxylation is 1. The van der Waals surface area contributed by atoms with Gasteiger partial charge in [0, 0.05) is 12.7 Å². The van der Waals surface area contributed by atoms with Gasteiger partial charge < -0.3 is 9.47 Å². The Morgan fingerprint density at radius 2 is 2.23 bits per heavy atom. The Balaban J connectivity index is 2.52. The zero-order valence-electron chi connectivity index (χ0n) is 7.53. The van der Waals surface area contributed by atoms with Crippen LogP contribution in [0.25, 0.3) is 0 Å². The summed E-state index contributed by atoms with van der Waals surface area (Å²) in [5.41, 5.74) is 2.53. The molecule has 0 fully saturated rings. The molecule has 1 unspecified atom stereocenters. The van der Waals surface area contributed by atoms with E-state index in [1.54, 1.807) is 6.07 Å². The highest BCUT2D eigenvalue weighted by molar-refractivity contribution is 5.93. The van der Waals surface area contributed by atoms with Crippen LogP contribution in [0.5, 0.6) is 0 Å². The standard InChI is InChI=1S/C10H10O3/c1-6-3-4-7-8(5-6)10(12-2)13-9(7)11/h3-5,10H,1-2H3. The molecule has 3 heteroatoms. The molecule has 0 bridgehead atoms. The van der Waals surface area contributed by atoms with Crippen LogP contribution in [0.2, 0.25) is 0 Å². The third-order valence-corrected chi connectivity index (χ3v) is 2.11. The highest BCUT2D eigenvalue weighted by Gasteiger charge is 2.30. The Labute approximate surface area is 76.3 Å². The lowest BCUT2D eigenvalue weighted by atomic mass is 10.1. The predicted octanol–water partition coefficient (Wildman–Crippen LogP) is 1.81. The number of ether oxygens (including phenoxy) is 2. The van der Waals surface area contributed by atoms with Gasteiger partial charge in [-0.3, -0.25) is 0 Å². The van der Waals surface area contributed by atoms with Gasteiger partial charge in [0.25, 0.3) is 0 Å². The largest absolute Gasteiger partial charge is 0.428 e. The number of cyclic esters (lactones) is 1. The summed E-state index contributed by atoms with van der Waals surface area (Å²) < 4.78 is 9.99. The molecule has 0 amide bonds. The van der Waals surface area contributed by atoms with Crippen molar-refractivity contribution < 1.29 is 14.3 Å². The number of carbonyl (C=O) groups is 1. The molecular weight excluding hydrogens is 168 g/mol. The zero-order chi connectivity index (χ0) is 9.42. The first kappa shape index (κ1) is 8.26. The van der Waals surface area contributed by atoms with Gasteiger partial charge in [-0.15, -0.1) is 0 Å². The summed E-state index contributed by atoms with van der Waals surface area (Å²) in [5.74, 6) is -0.304. The van der Waals surface area contributed by atoms with Gasteiger partial charge in [0.05, 0.1) is 5.56 Å². The molecule has 1 aliphatic rings. The van der Waals surface area contributed by atoms with Crippen LogP contribution in [0, 0.1) is 6.92 Å². The predicted molar refractivity (Wildman–Crippen MR) is 46.3 cm³/mol. The van der Waals surface area contributed by atoms with Crippen molar-refractivity contribution >= 4 is 5.97 Å². The average Bonchev–Trinajstić information content (AvgIpc) is 2.42. The van der Waals surface area contributed by atoms with Crippen LogP contribution < -0.4 is 0 Å². The van der Waals surface area contributed by atoms with Crippen LogP contribution in [0.3, 0.4) is 0 Å². The lowest BCUT2D eigenvalue weighted by molar-refractivity contribution is -0.0816. The van der Waals surface area contributed by atoms with Gasteiger partial charge in [-0.1, -0.05) is 11.6 Å². The molecule has 1 aromatic carbocycles. The van der Waals surface area contributed by atoms with Crippen LogP contribution >= 0.6 is 0 Å². The first-order valence-electron chi connectivity index (χ1n) is 4.06. The Morgan fingerprint density at radius 3 is 2.92 bits per heavy atom. The van der Waals surface area contributed by atoms with Gasteiger partial charge in [-0.2, -0.15) is 0 Å². The number of carbonyl (C=O) groups excluding carboxylic acids is 1. The third-order valence-electron chi connectivity index (χ3n) is 2.11. The van der Waals surface area contributed by atoms with Crippen molar-refractivity contribution in [2.45, 2.75) is 13.2 Å². The van der Waals surface area contributed by atoms with Crippen LogP contribution in [0.4, 0.5) is 0 Å². The Bertz CT molecular complexity index is 357. The Hall–Kier alpha value is -1.35. The minimum atomic E-state index is -0.526. The molecule has 0 aromatic heterocycles. The molecule has 1 heterocycles. The van der Waals surface area contributed by atoms with E-state index in [2.05, 4.69) is 0 Å². The molecule has 1 aromatic rings. The van der Waals surface area contributed by atoms with Crippen molar-refractivity contribution in [3.05, 3.63) is 34.9 Å². The van der Waals surface area contributed by atoms with E-state index in [0.29, 0.717) is 5.56 Å². The Morgan fingerprint density at radius 1 is 1.46 bits per heavy atom. The molecule has 0 aliphatic carbocycles. The van der Waals surface area contributed by atoms with E-state index in [4.69, 9.17) is 9.47 Å². The van der Waals surface area contributed by atoms with Gasteiger partial charge >= 0.3 is 5.97 Å². The number of fused-ring (bicyclic) bond motifs is 1. The number of rotatable bonds is 1. The summed E-state index contributed by atoms with van der Waals surface area (Å²) in [4.78, 5) is 11.2.